The van der Waals surface area contributed by atoms with Crippen LogP contribution in [0.2, 0.25) is 0 Å². The van der Waals surface area contributed by atoms with Crippen LogP contribution in [0.5, 0.6) is 11.5 Å². The van der Waals surface area contributed by atoms with Gasteiger partial charge >= 0.3 is 6.09 Å². The minimum absolute atomic E-state index is 0. The number of carbonyl (C=O) groups excluding carboxylic acids is 1. The highest BCUT2D eigenvalue weighted by Gasteiger charge is 2.38. The molecule has 11 heteroatoms. The van der Waals surface area contributed by atoms with Gasteiger partial charge in [0, 0.05) is 37.0 Å². The summed E-state index contributed by atoms with van der Waals surface area (Å²) in [4.78, 5) is 16.2. The number of hydrogen-bond acceptors (Lipinski definition) is 8. The topological polar surface area (TPSA) is 93.4 Å². The molecule has 0 saturated carbocycles. The van der Waals surface area contributed by atoms with Gasteiger partial charge in [-0.3, -0.25) is 0 Å². The number of aliphatic hydroxyl groups is 1. The summed E-state index contributed by atoms with van der Waals surface area (Å²) >= 11 is 1.77. The number of carbonyl (C=O) groups is 1. The molecular weight excluding hydrogens is 874 g/mol. The predicted molar refractivity (Wildman–Crippen MR) is 230 cm³/mol. The van der Waals surface area contributed by atoms with Gasteiger partial charge in [0.05, 0.1) is 49.6 Å². The molecule has 0 spiro atoms. The first kappa shape index (κ1) is 43.2. The number of thioether (sulfide) groups is 1. The van der Waals surface area contributed by atoms with Gasteiger partial charge in [0.2, 0.25) is 5.52 Å². The Labute approximate surface area is 367 Å². The maximum absolute atomic E-state index is 12.7. The predicted octanol–water partition coefficient (Wildman–Crippen LogP) is 5.73. The second-order valence-electron chi connectivity index (χ2n) is 13.8. The fourth-order valence-corrected chi connectivity index (χ4v) is 8.22. The Morgan fingerprint density at radius 3 is 2.14 bits per heavy atom. The number of fused-ring (bicyclic) bond motifs is 2. The number of aliphatic hydroxyl groups excluding tert-OH is 1. The van der Waals surface area contributed by atoms with Gasteiger partial charge in [0.25, 0.3) is 0 Å². The molecule has 59 heavy (non-hydrogen) atoms. The third-order valence-electron chi connectivity index (χ3n) is 10.2. The lowest BCUT2D eigenvalue weighted by Gasteiger charge is -2.36. The third-order valence-corrected chi connectivity index (χ3v) is 11.4. The number of nitrogens with one attached hydrogen (secondary N) is 1. The first-order valence-electron chi connectivity index (χ1n) is 19.3. The summed E-state index contributed by atoms with van der Waals surface area (Å²) < 4.78 is 25.3. The molecule has 304 valence electrons. The van der Waals surface area contributed by atoms with Gasteiger partial charge in [0.15, 0.2) is 12.7 Å². The van der Waals surface area contributed by atoms with Crippen molar-refractivity contribution < 1.29 is 57.4 Å². The maximum Gasteiger partial charge on any atom is 0.407 e. The highest BCUT2D eigenvalue weighted by Crippen LogP contribution is 2.45. The monoisotopic (exact) mass is 921 g/mol. The Kier molecular flexibility index (Phi) is 15.1. The molecule has 0 aliphatic carbocycles. The van der Waals surface area contributed by atoms with Gasteiger partial charge in [-0.1, -0.05) is 103 Å². The van der Waals surface area contributed by atoms with Gasteiger partial charge in [-0.05, 0) is 70.8 Å². The van der Waals surface area contributed by atoms with Crippen molar-refractivity contribution in [3.8, 4) is 11.5 Å². The van der Waals surface area contributed by atoms with Crippen molar-refractivity contribution in [1.82, 2.24) is 5.32 Å². The number of methoxy groups -OCH3 is 2. The fourth-order valence-electron chi connectivity index (χ4n) is 7.16. The molecule has 6 aromatic rings. The number of allylic oxidation sites excluding steroid dienone is 2. The van der Waals surface area contributed by atoms with E-state index >= 15 is 0 Å². The van der Waals surface area contributed by atoms with E-state index in [-0.39, 0.29) is 43.7 Å². The van der Waals surface area contributed by atoms with E-state index in [0.717, 1.165) is 33.2 Å². The summed E-state index contributed by atoms with van der Waals surface area (Å²) in [6, 6.07) is 44.1. The first-order valence-corrected chi connectivity index (χ1v) is 20.1. The zero-order chi connectivity index (χ0) is 40.3. The number of benzene rings is 5. The molecule has 1 amide bonds. The number of para-hydroxylation sites is 2. The fraction of sp³-hybridized carbons (Fsp3) is 0.208. The van der Waals surface area contributed by atoms with E-state index < -0.39 is 17.8 Å². The average molecular weight is 922 g/mol. The summed E-state index contributed by atoms with van der Waals surface area (Å²) in [6.45, 7) is 0.747. The second kappa shape index (κ2) is 20.6. The number of aromatic nitrogens is 1. The molecule has 2 N–H and O–H groups in total. The molecule has 0 unspecified atom stereocenters. The number of aryl methyl sites for hydroxylation is 1. The lowest BCUT2D eigenvalue weighted by Crippen LogP contribution is -3.00. The van der Waals surface area contributed by atoms with Gasteiger partial charge in [-0.25, -0.2) is 4.79 Å². The average Bonchev–Trinajstić information content (AvgIpc) is 3.60. The minimum atomic E-state index is -1.09. The van der Waals surface area contributed by atoms with Crippen LogP contribution in [-0.2, 0) is 21.6 Å². The van der Waals surface area contributed by atoms with Crippen molar-refractivity contribution in [1.29, 1.82) is 0 Å². The standard InChI is InChI=1S/C48H47N3O6S.HI/c1-50-44-18-9-10-19-45(44)58-46(50)20-11-13-35-29-31-51(43-17-8-7-16-42(35)43)30-12-32-56-47(53)49-33-39(52)34-57-48(36-14-5-4-6-15-36,37-21-25-40(54-2)26-22-37)38-23-27-41(55-3)28-24-38;/h4-11,13-29,31,39,52H,12,30,32-34H2,1-3H3;1H/t39-;/m0./s1. The molecule has 1 atom stereocenters. The molecule has 1 aliphatic rings. The Morgan fingerprint density at radius 1 is 0.831 bits per heavy atom. The molecule has 0 radical (unpaired) electrons. The number of rotatable bonds is 16. The van der Waals surface area contributed by atoms with Crippen LogP contribution in [0.3, 0.4) is 0 Å². The van der Waals surface area contributed by atoms with Crippen LogP contribution in [0.25, 0.3) is 17.0 Å². The lowest BCUT2D eigenvalue weighted by atomic mass is 9.80. The van der Waals surface area contributed by atoms with Crippen molar-refractivity contribution in [2.45, 2.75) is 29.6 Å². The molecule has 1 aliphatic heterocycles. The van der Waals surface area contributed by atoms with Gasteiger partial charge < -0.3 is 58.2 Å². The van der Waals surface area contributed by atoms with E-state index in [1.54, 1.807) is 26.0 Å². The quantitative estimate of drug-likeness (QED) is 0.0551. The molecule has 5 aromatic carbocycles. The Morgan fingerprint density at radius 2 is 1.46 bits per heavy atom. The van der Waals surface area contributed by atoms with Crippen molar-refractivity contribution in [2.75, 3.05) is 45.9 Å². The summed E-state index contributed by atoms with van der Waals surface area (Å²) in [6.07, 6.45) is 7.47. The Bertz CT molecular complexity index is 2330. The van der Waals surface area contributed by atoms with Crippen LogP contribution in [0.1, 0.15) is 28.7 Å². The van der Waals surface area contributed by atoms with Gasteiger partial charge in [0.1, 0.15) is 17.1 Å². The molecule has 1 aromatic heterocycles. The highest BCUT2D eigenvalue weighted by molar-refractivity contribution is 8.03. The van der Waals surface area contributed by atoms with Crippen LogP contribution in [0.15, 0.2) is 162 Å². The SMILES string of the molecule is COc1ccc(C(OC[C@@H](O)CNC(=O)OCCC[n+]2ccc(/C=C/C=C3/Sc4ccccc4N3C)c3ccccc32)(c2ccccc2)c2ccc(OC)cc2)cc1.[I-]. The summed E-state index contributed by atoms with van der Waals surface area (Å²) in [5.74, 6) is 1.42. The van der Waals surface area contributed by atoms with Crippen LogP contribution >= 0.6 is 11.8 Å². The van der Waals surface area contributed by atoms with Crippen molar-refractivity contribution in [2.24, 2.45) is 0 Å². The Balaban J connectivity index is 0.00000585. The molecule has 0 saturated heterocycles. The summed E-state index contributed by atoms with van der Waals surface area (Å²) in [5.41, 5.74) is 4.92. The van der Waals surface area contributed by atoms with E-state index in [0.29, 0.717) is 24.5 Å². The number of alkyl carbamates (subject to hydrolysis) is 1. The normalized spacial score (nSPS) is 13.6. The number of anilines is 1. The van der Waals surface area contributed by atoms with Crippen molar-refractivity contribution >= 4 is 40.5 Å². The molecule has 0 fully saturated rings. The molecule has 2 heterocycles. The van der Waals surface area contributed by atoms with E-state index in [9.17, 15) is 9.90 Å². The zero-order valence-electron chi connectivity index (χ0n) is 33.3. The molecule has 0 bridgehead atoms. The van der Waals surface area contributed by atoms with Crippen molar-refractivity contribution in [3.63, 3.8) is 0 Å². The number of ether oxygens (including phenoxy) is 4. The van der Waals surface area contributed by atoms with E-state index in [1.165, 1.54) is 15.6 Å². The lowest BCUT2D eigenvalue weighted by molar-refractivity contribution is -0.672. The summed E-state index contributed by atoms with van der Waals surface area (Å²) in [5, 5.41) is 16.1. The molecular formula is C48H48IN3O6S. The van der Waals surface area contributed by atoms with E-state index in [2.05, 4.69) is 88.7 Å². The second-order valence-corrected chi connectivity index (χ2v) is 14.9. The van der Waals surface area contributed by atoms with Crippen LogP contribution in [0.4, 0.5) is 10.5 Å². The number of nitrogens with zero attached hydrogens (tertiary/aromatic N) is 2. The van der Waals surface area contributed by atoms with Gasteiger partial charge in [-0.2, -0.15) is 4.57 Å². The minimum Gasteiger partial charge on any atom is -1.00 e. The number of halogens is 1. The Hall–Kier alpha value is -5.34. The third kappa shape index (κ3) is 10.1. The highest BCUT2D eigenvalue weighted by atomic mass is 127. The van der Waals surface area contributed by atoms with Gasteiger partial charge in [-0.15, -0.1) is 0 Å². The smallest absolute Gasteiger partial charge is 0.407 e. The first-order chi connectivity index (χ1) is 28.4. The molecule has 9 nitrogen and oxygen atoms in total. The van der Waals surface area contributed by atoms with E-state index in [1.807, 2.05) is 91.0 Å². The number of pyridine rings is 1. The number of amides is 1. The number of hydrogen-bond donors (Lipinski definition) is 2. The van der Waals surface area contributed by atoms with Crippen LogP contribution < -0.4 is 48.2 Å². The zero-order valence-corrected chi connectivity index (χ0v) is 36.3. The largest absolute Gasteiger partial charge is 1.00 e. The molecule has 7 rings (SSSR count). The maximum atomic E-state index is 12.7. The van der Waals surface area contributed by atoms with Crippen LogP contribution in [0, 0.1) is 0 Å². The van der Waals surface area contributed by atoms with E-state index in [4.69, 9.17) is 18.9 Å². The van der Waals surface area contributed by atoms with Crippen LogP contribution in [-0.4, -0.2) is 58.3 Å². The summed E-state index contributed by atoms with van der Waals surface area (Å²) in [7, 11) is 5.35. The van der Waals surface area contributed by atoms with Crippen molar-refractivity contribution in [3.05, 3.63) is 179 Å².